The van der Waals surface area contributed by atoms with Gasteiger partial charge in [0, 0.05) is 5.56 Å². The Bertz CT molecular complexity index is 462. The molecule has 0 radical (unpaired) electrons. The Hall–Kier alpha value is -1.47. The van der Waals surface area contributed by atoms with Crippen LogP contribution in [0.25, 0.3) is 0 Å². The highest BCUT2D eigenvalue weighted by Gasteiger charge is 2.15. The first-order valence-corrected chi connectivity index (χ1v) is 6.61. The number of hydrogen-bond donors (Lipinski definition) is 1. The molecule has 0 aliphatic rings. The molecule has 1 aromatic carbocycles. The predicted octanol–water partition coefficient (Wildman–Crippen LogP) is 2.21. The Kier molecular flexibility index (Phi) is 5.91. The molecule has 1 rings (SSSR count). The molecule has 0 amide bonds. The molecule has 0 aliphatic carbocycles. The zero-order valence-electron chi connectivity index (χ0n) is 10.8. The van der Waals surface area contributed by atoms with Gasteiger partial charge in [-0.15, -0.1) is 11.8 Å². The highest BCUT2D eigenvalue weighted by molar-refractivity contribution is 8.24. The van der Waals surface area contributed by atoms with Crippen molar-refractivity contribution in [3.63, 3.8) is 0 Å². The second-order valence-corrected chi connectivity index (χ2v) is 5.04. The number of carboxylic acids is 1. The summed E-state index contributed by atoms with van der Waals surface area (Å²) in [7, 11) is 4.53. The van der Waals surface area contributed by atoms with Gasteiger partial charge in [0.05, 0.1) is 31.3 Å². The van der Waals surface area contributed by atoms with Gasteiger partial charge in [-0.25, -0.2) is 0 Å². The number of benzene rings is 1. The van der Waals surface area contributed by atoms with Crippen LogP contribution in [-0.2, 0) is 4.79 Å². The van der Waals surface area contributed by atoms with Gasteiger partial charge in [0.25, 0.3) is 0 Å². The van der Waals surface area contributed by atoms with E-state index >= 15 is 0 Å². The number of carboxylic acid groups (broad SMARTS) is 1. The molecule has 0 saturated heterocycles. The number of hydrogen-bond acceptors (Lipinski definition) is 6. The summed E-state index contributed by atoms with van der Waals surface area (Å²) < 4.78 is 16.1. The lowest BCUT2D eigenvalue weighted by Gasteiger charge is -2.14. The summed E-state index contributed by atoms with van der Waals surface area (Å²) in [4.78, 5) is 10.5. The molecule has 0 fully saturated rings. The first-order chi connectivity index (χ1) is 9.03. The van der Waals surface area contributed by atoms with E-state index < -0.39 is 5.97 Å². The van der Waals surface area contributed by atoms with Crippen LogP contribution in [0.3, 0.4) is 0 Å². The number of rotatable bonds is 6. The molecule has 0 atom stereocenters. The Morgan fingerprint density at radius 3 is 2.11 bits per heavy atom. The van der Waals surface area contributed by atoms with Gasteiger partial charge in [-0.2, -0.15) is 0 Å². The van der Waals surface area contributed by atoms with E-state index in [1.54, 1.807) is 12.1 Å². The highest BCUT2D eigenvalue weighted by Crippen LogP contribution is 2.39. The SMILES string of the molecule is COc1cc(C(=S)SCC(=O)O)cc(OC)c1OC. The van der Waals surface area contributed by atoms with Crippen LogP contribution in [0.1, 0.15) is 5.56 Å². The molecule has 0 heterocycles. The lowest BCUT2D eigenvalue weighted by atomic mass is 10.2. The molecule has 1 N–H and O–H groups in total. The minimum Gasteiger partial charge on any atom is -0.493 e. The van der Waals surface area contributed by atoms with Crippen LogP contribution in [0.4, 0.5) is 0 Å². The topological polar surface area (TPSA) is 65.0 Å². The van der Waals surface area contributed by atoms with Gasteiger partial charge in [0.15, 0.2) is 11.5 Å². The fourth-order valence-electron chi connectivity index (χ4n) is 1.41. The van der Waals surface area contributed by atoms with E-state index in [9.17, 15) is 4.79 Å². The summed E-state index contributed by atoms with van der Waals surface area (Å²) in [5.74, 6) is 0.431. The molecule has 0 aliphatic heterocycles. The van der Waals surface area contributed by atoms with Gasteiger partial charge >= 0.3 is 5.97 Å². The average Bonchev–Trinajstić information content (AvgIpc) is 2.42. The molecule has 0 unspecified atom stereocenters. The Labute approximate surface area is 120 Å². The molecule has 7 heteroatoms. The fourth-order valence-corrected chi connectivity index (χ4v) is 2.24. The predicted molar refractivity (Wildman–Crippen MR) is 77.9 cm³/mol. The molecule has 0 bridgehead atoms. The van der Waals surface area contributed by atoms with Crippen molar-refractivity contribution in [1.82, 2.24) is 0 Å². The quantitative estimate of drug-likeness (QED) is 0.808. The first-order valence-electron chi connectivity index (χ1n) is 5.22. The summed E-state index contributed by atoms with van der Waals surface area (Å²) >= 11 is 6.25. The second-order valence-electron chi connectivity index (χ2n) is 3.38. The second kappa shape index (κ2) is 7.20. The maximum absolute atomic E-state index is 10.5. The van der Waals surface area contributed by atoms with Crippen LogP contribution >= 0.6 is 24.0 Å². The van der Waals surface area contributed by atoms with E-state index in [4.69, 9.17) is 31.5 Å². The van der Waals surface area contributed by atoms with E-state index in [0.29, 0.717) is 27.0 Å². The third kappa shape index (κ3) is 4.00. The number of ether oxygens (including phenoxy) is 3. The van der Waals surface area contributed by atoms with Gasteiger partial charge in [-0.3, -0.25) is 4.79 Å². The minimum absolute atomic E-state index is 0.0878. The van der Waals surface area contributed by atoms with Gasteiger partial charge in [0.2, 0.25) is 5.75 Å². The monoisotopic (exact) mass is 302 g/mol. The summed E-state index contributed by atoms with van der Waals surface area (Å²) in [5.41, 5.74) is 0.663. The third-order valence-corrected chi connectivity index (χ3v) is 3.71. The van der Waals surface area contributed by atoms with E-state index in [-0.39, 0.29) is 5.75 Å². The number of thiocarbonyl (C=S) groups is 1. The van der Waals surface area contributed by atoms with E-state index in [1.165, 1.54) is 21.3 Å². The lowest BCUT2D eigenvalue weighted by Crippen LogP contribution is -2.03. The van der Waals surface area contributed by atoms with Crippen LogP contribution in [0.5, 0.6) is 17.2 Å². The van der Waals surface area contributed by atoms with Crippen molar-refractivity contribution < 1.29 is 24.1 Å². The molecule has 0 saturated carbocycles. The van der Waals surface area contributed by atoms with Crippen molar-refractivity contribution >= 4 is 34.1 Å². The van der Waals surface area contributed by atoms with Crippen LogP contribution in [-0.4, -0.2) is 42.4 Å². The molecule has 19 heavy (non-hydrogen) atoms. The summed E-state index contributed by atoms with van der Waals surface area (Å²) in [6.45, 7) is 0. The maximum Gasteiger partial charge on any atom is 0.313 e. The summed E-state index contributed by atoms with van der Waals surface area (Å²) in [6, 6.07) is 3.39. The molecular weight excluding hydrogens is 288 g/mol. The van der Waals surface area contributed by atoms with Crippen molar-refractivity contribution in [2.24, 2.45) is 0 Å². The molecule has 0 spiro atoms. The molecule has 104 valence electrons. The Balaban J connectivity index is 3.08. The highest BCUT2D eigenvalue weighted by atomic mass is 32.2. The fraction of sp³-hybridized carbons (Fsp3) is 0.333. The summed E-state index contributed by atoms with van der Waals surface area (Å²) in [5, 5.41) is 8.64. The maximum atomic E-state index is 10.5. The zero-order chi connectivity index (χ0) is 14.4. The standard InChI is InChI=1S/C12H14O5S2/c1-15-8-4-7(12(18)19-6-10(13)14)5-9(16-2)11(8)17-3/h4-5H,6H2,1-3H3,(H,13,14). The average molecular weight is 302 g/mol. The normalized spacial score (nSPS) is 9.84. The minimum atomic E-state index is -0.917. The molecule has 0 aromatic heterocycles. The van der Waals surface area contributed by atoms with E-state index in [1.807, 2.05) is 0 Å². The van der Waals surface area contributed by atoms with Crippen molar-refractivity contribution in [2.75, 3.05) is 27.1 Å². The number of thioether (sulfide) groups is 1. The van der Waals surface area contributed by atoms with Crippen LogP contribution in [0.2, 0.25) is 0 Å². The van der Waals surface area contributed by atoms with Gasteiger partial charge in [0.1, 0.15) is 0 Å². The van der Waals surface area contributed by atoms with Crippen LogP contribution in [0.15, 0.2) is 12.1 Å². The molecule has 5 nitrogen and oxygen atoms in total. The van der Waals surface area contributed by atoms with E-state index in [0.717, 1.165) is 11.8 Å². The number of aliphatic carboxylic acids is 1. The van der Waals surface area contributed by atoms with Gasteiger partial charge in [-0.05, 0) is 12.1 Å². The first kappa shape index (κ1) is 15.6. The molecule has 1 aromatic rings. The molecular formula is C12H14O5S2. The van der Waals surface area contributed by atoms with Crippen molar-refractivity contribution in [2.45, 2.75) is 0 Å². The van der Waals surface area contributed by atoms with Crippen molar-refractivity contribution in [3.05, 3.63) is 17.7 Å². The third-order valence-electron chi connectivity index (χ3n) is 2.23. The Morgan fingerprint density at radius 2 is 1.74 bits per heavy atom. The zero-order valence-corrected chi connectivity index (χ0v) is 12.4. The summed E-state index contributed by atoms with van der Waals surface area (Å²) in [6.07, 6.45) is 0. The number of carbonyl (C=O) groups is 1. The largest absolute Gasteiger partial charge is 0.493 e. The van der Waals surface area contributed by atoms with Gasteiger partial charge in [-0.1, -0.05) is 12.2 Å². The smallest absolute Gasteiger partial charge is 0.313 e. The van der Waals surface area contributed by atoms with Crippen LogP contribution < -0.4 is 14.2 Å². The Morgan fingerprint density at radius 1 is 1.21 bits per heavy atom. The number of methoxy groups -OCH3 is 3. The van der Waals surface area contributed by atoms with Crippen molar-refractivity contribution in [3.8, 4) is 17.2 Å². The lowest BCUT2D eigenvalue weighted by molar-refractivity contribution is -0.133. The van der Waals surface area contributed by atoms with Crippen LogP contribution in [0, 0.1) is 0 Å². The van der Waals surface area contributed by atoms with Crippen molar-refractivity contribution in [1.29, 1.82) is 0 Å². The van der Waals surface area contributed by atoms with Gasteiger partial charge < -0.3 is 19.3 Å². The van der Waals surface area contributed by atoms with E-state index in [2.05, 4.69) is 0 Å².